The molecule has 0 N–H and O–H groups in total. The van der Waals surface area contributed by atoms with Crippen molar-refractivity contribution in [1.82, 2.24) is 25.1 Å². The average molecular weight is 327 g/mol. The number of tetrazole rings is 1. The summed E-state index contributed by atoms with van der Waals surface area (Å²) in [7, 11) is 0. The number of carbonyl (C=O) groups is 1. The number of hydrogen-bond acceptors (Lipinski definition) is 6. The summed E-state index contributed by atoms with van der Waals surface area (Å²) in [4.78, 5) is 14.7. The number of aromatic nitrogens is 4. The van der Waals surface area contributed by atoms with Crippen LogP contribution in [0.5, 0.6) is 0 Å². The third-order valence-corrected chi connectivity index (χ3v) is 4.94. The van der Waals surface area contributed by atoms with Gasteiger partial charge in [0.25, 0.3) is 0 Å². The van der Waals surface area contributed by atoms with E-state index in [0.717, 1.165) is 6.54 Å². The van der Waals surface area contributed by atoms with Crippen molar-refractivity contribution in [2.24, 2.45) is 11.8 Å². The van der Waals surface area contributed by atoms with Gasteiger partial charge >= 0.3 is 0 Å². The molecule has 1 unspecified atom stereocenters. The number of carbonyl (C=O) groups excluding carboxylic acids is 1. The zero-order chi connectivity index (χ0) is 16.1. The Kier molecular flexibility index (Phi) is 6.19. The van der Waals surface area contributed by atoms with Crippen molar-refractivity contribution in [2.45, 2.75) is 44.6 Å². The molecule has 0 radical (unpaired) electrons. The molecular formula is C14H25N5O2S. The molecule has 2 rings (SSSR count). The summed E-state index contributed by atoms with van der Waals surface area (Å²) in [6.45, 7) is 11.7. The van der Waals surface area contributed by atoms with Gasteiger partial charge in [-0.15, -0.1) is 5.10 Å². The Balaban J connectivity index is 2.08. The molecule has 7 nitrogen and oxygen atoms in total. The van der Waals surface area contributed by atoms with Gasteiger partial charge in [-0.2, -0.15) is 0 Å². The van der Waals surface area contributed by atoms with Crippen LogP contribution in [0, 0.1) is 11.8 Å². The number of nitrogens with zero attached hydrogens (tertiary/aromatic N) is 5. The van der Waals surface area contributed by atoms with E-state index in [-0.39, 0.29) is 17.1 Å². The maximum absolute atomic E-state index is 12.8. The van der Waals surface area contributed by atoms with E-state index in [2.05, 4.69) is 43.2 Å². The molecule has 0 aliphatic carbocycles. The van der Waals surface area contributed by atoms with Crippen molar-refractivity contribution >= 4 is 17.7 Å². The second-order valence-corrected chi connectivity index (χ2v) is 7.37. The van der Waals surface area contributed by atoms with Crippen molar-refractivity contribution in [3.8, 4) is 0 Å². The van der Waals surface area contributed by atoms with Gasteiger partial charge in [0, 0.05) is 19.6 Å². The highest BCUT2D eigenvalue weighted by atomic mass is 32.2. The zero-order valence-corrected chi connectivity index (χ0v) is 14.5. The number of hydrogen-bond donors (Lipinski definition) is 0. The largest absolute Gasteiger partial charge is 0.378 e. The Morgan fingerprint density at radius 1 is 1.27 bits per heavy atom. The molecule has 124 valence electrons. The molecule has 0 aromatic carbocycles. The van der Waals surface area contributed by atoms with Crippen LogP contribution in [0.4, 0.5) is 0 Å². The summed E-state index contributed by atoms with van der Waals surface area (Å²) in [5.74, 6) is 0.822. The average Bonchev–Trinajstić information content (AvgIpc) is 2.91. The third-order valence-electron chi connectivity index (χ3n) is 3.44. The van der Waals surface area contributed by atoms with E-state index in [1.807, 2.05) is 4.90 Å². The molecule has 1 aromatic rings. The molecule has 2 heterocycles. The molecule has 1 amide bonds. The molecule has 1 aliphatic heterocycles. The molecule has 1 aliphatic rings. The van der Waals surface area contributed by atoms with Crippen molar-refractivity contribution < 1.29 is 9.53 Å². The van der Waals surface area contributed by atoms with Crippen molar-refractivity contribution in [3.63, 3.8) is 0 Å². The highest BCUT2D eigenvalue weighted by Gasteiger charge is 2.30. The van der Waals surface area contributed by atoms with E-state index < -0.39 is 0 Å². The summed E-state index contributed by atoms with van der Waals surface area (Å²) in [5.41, 5.74) is 0. The molecule has 8 heteroatoms. The van der Waals surface area contributed by atoms with Gasteiger partial charge in [-0.05, 0) is 22.3 Å². The number of amides is 1. The van der Waals surface area contributed by atoms with Gasteiger partial charge in [-0.1, -0.05) is 39.5 Å². The summed E-state index contributed by atoms with van der Waals surface area (Å²) in [5, 5.41) is 12.4. The summed E-state index contributed by atoms with van der Waals surface area (Å²) >= 11 is 1.47. The Morgan fingerprint density at radius 2 is 1.95 bits per heavy atom. The number of morpholine rings is 1. The normalized spacial score (nSPS) is 17.3. The highest BCUT2D eigenvalue weighted by molar-refractivity contribution is 8.00. The van der Waals surface area contributed by atoms with Crippen LogP contribution in [0.15, 0.2) is 5.16 Å². The first kappa shape index (κ1) is 17.2. The van der Waals surface area contributed by atoms with E-state index in [9.17, 15) is 4.79 Å². The summed E-state index contributed by atoms with van der Waals surface area (Å²) < 4.78 is 7.11. The highest BCUT2D eigenvalue weighted by Crippen LogP contribution is 2.28. The lowest BCUT2D eigenvalue weighted by Crippen LogP contribution is -2.46. The van der Waals surface area contributed by atoms with E-state index >= 15 is 0 Å². The van der Waals surface area contributed by atoms with Crippen LogP contribution in [0.3, 0.4) is 0 Å². The van der Waals surface area contributed by atoms with Crippen LogP contribution >= 0.6 is 11.8 Å². The van der Waals surface area contributed by atoms with Crippen molar-refractivity contribution in [3.05, 3.63) is 0 Å². The Labute approximate surface area is 135 Å². The molecule has 0 bridgehead atoms. The quantitative estimate of drug-likeness (QED) is 0.734. The van der Waals surface area contributed by atoms with E-state index in [4.69, 9.17) is 4.74 Å². The molecule has 1 atom stereocenters. The maximum atomic E-state index is 12.8. The van der Waals surface area contributed by atoms with Crippen molar-refractivity contribution in [2.75, 3.05) is 26.3 Å². The standard InChI is InChI=1S/C14H25N5O2S/c1-10(2)9-19-14(15-16-17-19)22-12(11(3)4)13(20)18-5-7-21-8-6-18/h10-12H,5-9H2,1-4H3. The van der Waals surface area contributed by atoms with Crippen LogP contribution in [0.2, 0.25) is 0 Å². The van der Waals surface area contributed by atoms with Crippen LogP contribution in [0.1, 0.15) is 27.7 Å². The van der Waals surface area contributed by atoms with Gasteiger partial charge in [-0.3, -0.25) is 4.79 Å². The van der Waals surface area contributed by atoms with Crippen LogP contribution in [-0.2, 0) is 16.1 Å². The SMILES string of the molecule is CC(C)Cn1nnnc1SC(C(=O)N1CCOCC1)C(C)C. The van der Waals surface area contributed by atoms with Gasteiger partial charge in [-0.25, -0.2) is 4.68 Å². The Hall–Kier alpha value is -1.15. The van der Waals surface area contributed by atoms with E-state index in [0.29, 0.717) is 37.4 Å². The fourth-order valence-corrected chi connectivity index (χ4v) is 3.36. The predicted molar refractivity (Wildman–Crippen MR) is 84.5 cm³/mol. The predicted octanol–water partition coefficient (Wildman–Crippen LogP) is 1.30. The van der Waals surface area contributed by atoms with Gasteiger partial charge in [0.15, 0.2) is 0 Å². The van der Waals surface area contributed by atoms with Crippen LogP contribution < -0.4 is 0 Å². The molecule has 1 fully saturated rings. The maximum Gasteiger partial charge on any atom is 0.236 e. The van der Waals surface area contributed by atoms with Gasteiger partial charge in [0.1, 0.15) is 0 Å². The van der Waals surface area contributed by atoms with Gasteiger partial charge < -0.3 is 9.64 Å². The zero-order valence-electron chi connectivity index (χ0n) is 13.7. The lowest BCUT2D eigenvalue weighted by atomic mass is 10.1. The monoisotopic (exact) mass is 327 g/mol. The second kappa shape index (κ2) is 7.92. The lowest BCUT2D eigenvalue weighted by molar-refractivity contribution is -0.135. The number of ether oxygens (including phenoxy) is 1. The smallest absolute Gasteiger partial charge is 0.236 e. The second-order valence-electron chi connectivity index (χ2n) is 6.26. The first-order valence-corrected chi connectivity index (χ1v) is 8.66. The first-order chi connectivity index (χ1) is 10.5. The lowest BCUT2D eigenvalue weighted by Gasteiger charge is -2.31. The Bertz CT molecular complexity index is 485. The topological polar surface area (TPSA) is 73.1 Å². The van der Waals surface area contributed by atoms with Gasteiger partial charge in [0.2, 0.25) is 11.1 Å². The molecule has 0 saturated carbocycles. The minimum atomic E-state index is -0.171. The summed E-state index contributed by atoms with van der Waals surface area (Å²) in [6, 6.07) is 0. The fourth-order valence-electron chi connectivity index (χ4n) is 2.29. The van der Waals surface area contributed by atoms with E-state index in [1.165, 1.54) is 11.8 Å². The van der Waals surface area contributed by atoms with Crippen LogP contribution in [0.25, 0.3) is 0 Å². The number of thioether (sulfide) groups is 1. The van der Waals surface area contributed by atoms with Gasteiger partial charge in [0.05, 0.1) is 18.5 Å². The third kappa shape index (κ3) is 4.42. The fraction of sp³-hybridized carbons (Fsp3) is 0.857. The minimum Gasteiger partial charge on any atom is -0.378 e. The minimum absolute atomic E-state index is 0.155. The van der Waals surface area contributed by atoms with E-state index in [1.54, 1.807) is 4.68 Å². The number of rotatable bonds is 6. The van der Waals surface area contributed by atoms with Crippen molar-refractivity contribution in [1.29, 1.82) is 0 Å². The molecule has 22 heavy (non-hydrogen) atoms. The first-order valence-electron chi connectivity index (χ1n) is 7.78. The summed E-state index contributed by atoms with van der Waals surface area (Å²) in [6.07, 6.45) is 0. The Morgan fingerprint density at radius 3 is 2.55 bits per heavy atom. The van der Waals surface area contributed by atoms with Crippen LogP contribution in [-0.4, -0.2) is 62.6 Å². The molecule has 0 spiro atoms. The molecular weight excluding hydrogens is 302 g/mol. The molecule has 1 saturated heterocycles. The molecule has 1 aromatic heterocycles.